The molecule has 0 spiro atoms. The van der Waals surface area contributed by atoms with Crippen molar-refractivity contribution >= 4 is 29.9 Å². The van der Waals surface area contributed by atoms with Crippen LogP contribution in [-0.4, -0.2) is 60.4 Å². The normalized spacial score (nSPS) is 15.7. The molecule has 1 aromatic rings. The summed E-state index contributed by atoms with van der Waals surface area (Å²) in [5.41, 5.74) is 0. The zero-order valence-corrected chi connectivity index (χ0v) is 16.7. The van der Waals surface area contributed by atoms with Crippen molar-refractivity contribution in [3.63, 3.8) is 0 Å². The van der Waals surface area contributed by atoms with E-state index in [2.05, 4.69) is 32.7 Å². The highest BCUT2D eigenvalue weighted by Gasteiger charge is 2.18. The first-order valence-corrected chi connectivity index (χ1v) is 8.42. The molecule has 1 aliphatic carbocycles. The maximum Gasteiger partial charge on any atom is 0.191 e. The number of guanidine groups is 1. The molecule has 1 fully saturated rings. The van der Waals surface area contributed by atoms with Gasteiger partial charge in [-0.05, 0) is 32.4 Å². The van der Waals surface area contributed by atoms with Crippen LogP contribution in [0.25, 0.3) is 0 Å². The Labute approximate surface area is 157 Å². The Morgan fingerprint density at radius 1 is 1.30 bits per heavy atom. The number of hydrogen-bond acceptors (Lipinski definition) is 3. The second kappa shape index (κ2) is 11.7. The highest BCUT2D eigenvalue weighted by molar-refractivity contribution is 14.0. The average molecular weight is 434 g/mol. The number of likely N-dealkylation sites (N-methyl/N-ethyl adjacent to an activating group) is 1. The van der Waals surface area contributed by atoms with Gasteiger partial charge in [-0.3, -0.25) is 9.67 Å². The third kappa shape index (κ3) is 7.52. The molecule has 23 heavy (non-hydrogen) atoms. The van der Waals surface area contributed by atoms with E-state index in [0.29, 0.717) is 0 Å². The first-order chi connectivity index (χ1) is 10.8. The molecule has 0 radical (unpaired) electrons. The van der Waals surface area contributed by atoms with Crippen LogP contribution in [0.1, 0.15) is 32.1 Å². The van der Waals surface area contributed by atoms with E-state index in [1.807, 2.05) is 30.2 Å². The molecule has 1 aliphatic rings. The van der Waals surface area contributed by atoms with E-state index in [9.17, 15) is 0 Å². The standard InChI is InChI=1S/C16H30N6.HI/c1-17-16(18-9-5-12-22-13-6-10-20-22)19-11-14-21(2)15-7-3-4-8-15;/h6,10,13,15H,3-5,7-9,11-12,14H2,1-2H3,(H2,17,18,19);1H. The second-order valence-corrected chi connectivity index (χ2v) is 5.97. The minimum Gasteiger partial charge on any atom is -0.356 e. The Morgan fingerprint density at radius 2 is 2.04 bits per heavy atom. The summed E-state index contributed by atoms with van der Waals surface area (Å²) >= 11 is 0. The van der Waals surface area contributed by atoms with Crippen LogP contribution in [0.3, 0.4) is 0 Å². The van der Waals surface area contributed by atoms with E-state index < -0.39 is 0 Å². The van der Waals surface area contributed by atoms with Crippen molar-refractivity contribution in [2.24, 2.45) is 4.99 Å². The van der Waals surface area contributed by atoms with Gasteiger partial charge in [-0.15, -0.1) is 24.0 Å². The van der Waals surface area contributed by atoms with E-state index >= 15 is 0 Å². The number of hydrogen-bond donors (Lipinski definition) is 2. The lowest BCUT2D eigenvalue weighted by atomic mass is 10.2. The Bertz CT molecular complexity index is 428. The molecule has 2 N–H and O–H groups in total. The quantitative estimate of drug-likeness (QED) is 0.284. The minimum atomic E-state index is 0. The number of aliphatic imine (C=N–C) groups is 1. The summed E-state index contributed by atoms with van der Waals surface area (Å²) in [6.45, 7) is 3.84. The van der Waals surface area contributed by atoms with Gasteiger partial charge in [-0.2, -0.15) is 5.10 Å². The molecule has 1 aromatic heterocycles. The van der Waals surface area contributed by atoms with E-state index in [1.54, 1.807) is 0 Å². The first-order valence-electron chi connectivity index (χ1n) is 8.42. The van der Waals surface area contributed by atoms with Crippen molar-refractivity contribution in [3.05, 3.63) is 18.5 Å². The van der Waals surface area contributed by atoms with Crippen LogP contribution in [0.5, 0.6) is 0 Å². The third-order valence-corrected chi connectivity index (χ3v) is 4.34. The summed E-state index contributed by atoms with van der Waals surface area (Å²) < 4.78 is 1.95. The molecule has 1 heterocycles. The molecule has 0 aliphatic heterocycles. The smallest absolute Gasteiger partial charge is 0.191 e. The van der Waals surface area contributed by atoms with Gasteiger partial charge in [0, 0.05) is 51.7 Å². The molecule has 7 heteroatoms. The van der Waals surface area contributed by atoms with Crippen LogP contribution in [0.2, 0.25) is 0 Å². The summed E-state index contributed by atoms with van der Waals surface area (Å²) in [5.74, 6) is 0.889. The number of halogens is 1. The summed E-state index contributed by atoms with van der Waals surface area (Å²) in [7, 11) is 4.06. The molecule has 0 aromatic carbocycles. The van der Waals surface area contributed by atoms with Crippen LogP contribution < -0.4 is 10.6 Å². The average Bonchev–Trinajstić information content (AvgIpc) is 3.22. The van der Waals surface area contributed by atoms with Gasteiger partial charge in [-0.1, -0.05) is 12.8 Å². The number of aromatic nitrogens is 2. The van der Waals surface area contributed by atoms with Crippen LogP contribution in [0.15, 0.2) is 23.5 Å². The topological polar surface area (TPSA) is 57.5 Å². The van der Waals surface area contributed by atoms with Crippen molar-refractivity contribution < 1.29 is 0 Å². The van der Waals surface area contributed by atoms with Crippen LogP contribution >= 0.6 is 24.0 Å². The van der Waals surface area contributed by atoms with Crippen LogP contribution in [0.4, 0.5) is 0 Å². The van der Waals surface area contributed by atoms with E-state index in [0.717, 1.165) is 44.6 Å². The van der Waals surface area contributed by atoms with Crippen molar-refractivity contribution in [2.45, 2.75) is 44.7 Å². The minimum absolute atomic E-state index is 0. The fourth-order valence-corrected chi connectivity index (χ4v) is 2.98. The van der Waals surface area contributed by atoms with Crippen molar-refractivity contribution in [3.8, 4) is 0 Å². The fraction of sp³-hybridized carbons (Fsp3) is 0.750. The first kappa shape index (κ1) is 20.2. The van der Waals surface area contributed by atoms with Crippen LogP contribution in [-0.2, 0) is 6.54 Å². The van der Waals surface area contributed by atoms with Crippen molar-refractivity contribution in [2.75, 3.05) is 33.7 Å². The monoisotopic (exact) mass is 434 g/mol. The predicted octanol–water partition coefficient (Wildman–Crippen LogP) is 1.93. The molecule has 0 unspecified atom stereocenters. The maximum atomic E-state index is 4.27. The number of rotatable bonds is 8. The Balaban J connectivity index is 0.00000264. The molecule has 1 saturated carbocycles. The number of nitrogens with zero attached hydrogens (tertiary/aromatic N) is 4. The fourth-order valence-electron chi connectivity index (χ4n) is 2.98. The molecule has 132 valence electrons. The SMILES string of the molecule is CN=C(NCCCn1cccn1)NCCN(C)C1CCCC1.I. The van der Waals surface area contributed by atoms with Gasteiger partial charge in [0.05, 0.1) is 0 Å². The molecule has 0 saturated heterocycles. The van der Waals surface area contributed by atoms with Gasteiger partial charge in [0.15, 0.2) is 5.96 Å². The van der Waals surface area contributed by atoms with Gasteiger partial charge in [-0.25, -0.2) is 0 Å². The molecule has 0 atom stereocenters. The predicted molar refractivity (Wildman–Crippen MR) is 107 cm³/mol. The van der Waals surface area contributed by atoms with E-state index in [4.69, 9.17) is 0 Å². The van der Waals surface area contributed by atoms with Crippen molar-refractivity contribution in [1.82, 2.24) is 25.3 Å². The zero-order chi connectivity index (χ0) is 15.6. The number of nitrogens with one attached hydrogen (secondary N) is 2. The second-order valence-electron chi connectivity index (χ2n) is 5.97. The lowest BCUT2D eigenvalue weighted by molar-refractivity contribution is 0.249. The lowest BCUT2D eigenvalue weighted by Gasteiger charge is -2.24. The van der Waals surface area contributed by atoms with E-state index in [-0.39, 0.29) is 24.0 Å². The Kier molecular flexibility index (Phi) is 10.3. The van der Waals surface area contributed by atoms with Gasteiger partial charge in [0.1, 0.15) is 0 Å². The van der Waals surface area contributed by atoms with E-state index in [1.165, 1.54) is 25.7 Å². The summed E-state index contributed by atoms with van der Waals surface area (Å²) in [4.78, 5) is 6.75. The van der Waals surface area contributed by atoms with Gasteiger partial charge < -0.3 is 15.5 Å². The number of aryl methyl sites for hydroxylation is 1. The van der Waals surface area contributed by atoms with Crippen molar-refractivity contribution in [1.29, 1.82) is 0 Å². The summed E-state index contributed by atoms with van der Waals surface area (Å²) in [6.07, 6.45) is 10.3. The molecular weight excluding hydrogens is 403 g/mol. The molecule has 2 rings (SSSR count). The highest BCUT2D eigenvalue weighted by atomic mass is 127. The molecule has 6 nitrogen and oxygen atoms in total. The molecule has 0 bridgehead atoms. The third-order valence-electron chi connectivity index (χ3n) is 4.34. The largest absolute Gasteiger partial charge is 0.356 e. The Morgan fingerprint density at radius 3 is 2.70 bits per heavy atom. The maximum absolute atomic E-state index is 4.27. The zero-order valence-electron chi connectivity index (χ0n) is 14.4. The summed E-state index contributed by atoms with van der Waals surface area (Å²) in [6, 6.07) is 2.74. The highest BCUT2D eigenvalue weighted by Crippen LogP contribution is 2.21. The molecule has 0 amide bonds. The van der Waals surface area contributed by atoms with Gasteiger partial charge >= 0.3 is 0 Å². The summed E-state index contributed by atoms with van der Waals surface area (Å²) in [5, 5.41) is 10.9. The van der Waals surface area contributed by atoms with Crippen LogP contribution in [0, 0.1) is 0 Å². The van der Waals surface area contributed by atoms with Gasteiger partial charge in [0.25, 0.3) is 0 Å². The van der Waals surface area contributed by atoms with Gasteiger partial charge in [0.2, 0.25) is 0 Å². The Hall–Kier alpha value is -0.830. The lowest BCUT2D eigenvalue weighted by Crippen LogP contribution is -2.42. The molecular formula is C16H31IN6.